The van der Waals surface area contributed by atoms with Crippen LogP contribution < -0.4 is 5.32 Å². The first-order chi connectivity index (χ1) is 13.1. The molecule has 136 valence electrons. The highest BCUT2D eigenvalue weighted by atomic mass is 35.5. The Balaban J connectivity index is 1.66. The summed E-state index contributed by atoms with van der Waals surface area (Å²) in [6.45, 7) is 2.46. The van der Waals surface area contributed by atoms with Crippen molar-refractivity contribution in [3.05, 3.63) is 94.8 Å². The van der Waals surface area contributed by atoms with Gasteiger partial charge in [-0.1, -0.05) is 60.1 Å². The quantitative estimate of drug-likeness (QED) is 0.503. The van der Waals surface area contributed by atoms with E-state index in [1.54, 1.807) is 12.3 Å². The van der Waals surface area contributed by atoms with Gasteiger partial charge in [0.25, 0.3) is 5.91 Å². The third-order valence-corrected chi connectivity index (χ3v) is 5.06. The molecule has 5 heteroatoms. The molecule has 0 saturated carbocycles. The van der Waals surface area contributed by atoms with Crippen LogP contribution >= 0.6 is 11.6 Å². The van der Waals surface area contributed by atoms with Gasteiger partial charge < -0.3 is 14.3 Å². The van der Waals surface area contributed by atoms with E-state index in [1.807, 2.05) is 72.2 Å². The van der Waals surface area contributed by atoms with Crippen molar-refractivity contribution in [1.82, 2.24) is 9.88 Å². The Morgan fingerprint density at radius 2 is 1.85 bits per heavy atom. The van der Waals surface area contributed by atoms with E-state index < -0.39 is 0 Å². The van der Waals surface area contributed by atoms with Gasteiger partial charge in [-0.3, -0.25) is 4.79 Å². The molecule has 4 nitrogen and oxygen atoms in total. The van der Waals surface area contributed by atoms with E-state index in [-0.39, 0.29) is 11.9 Å². The number of amides is 1. The third kappa shape index (κ3) is 3.49. The van der Waals surface area contributed by atoms with Crippen LogP contribution in [0, 0.1) is 0 Å². The van der Waals surface area contributed by atoms with Crippen molar-refractivity contribution >= 4 is 28.6 Å². The number of hydrogen-bond donors (Lipinski definition) is 1. The molecule has 1 atom stereocenters. The van der Waals surface area contributed by atoms with Gasteiger partial charge in [-0.05, 0) is 24.1 Å². The van der Waals surface area contributed by atoms with Crippen LogP contribution in [0.15, 0.2) is 77.4 Å². The molecule has 0 aliphatic carbocycles. The number of carbonyl (C=O) groups is 1. The number of aromatic nitrogens is 1. The van der Waals surface area contributed by atoms with Crippen molar-refractivity contribution in [2.45, 2.75) is 19.5 Å². The Kier molecular flexibility index (Phi) is 4.73. The molecule has 0 unspecified atom stereocenters. The molecule has 0 spiro atoms. The van der Waals surface area contributed by atoms with Crippen LogP contribution in [0.2, 0.25) is 5.02 Å². The van der Waals surface area contributed by atoms with Gasteiger partial charge in [0.1, 0.15) is 5.69 Å². The molecule has 0 saturated heterocycles. The summed E-state index contributed by atoms with van der Waals surface area (Å²) in [5.74, 6) is -0.148. The maximum absolute atomic E-state index is 13.0. The summed E-state index contributed by atoms with van der Waals surface area (Å²) in [7, 11) is 0. The first kappa shape index (κ1) is 17.4. The topological polar surface area (TPSA) is 47.2 Å². The SMILES string of the molecule is C[C@@H](NC(=O)c1cc2occc2n1Cc1ccccc1Cl)c1ccccc1. The van der Waals surface area contributed by atoms with Crippen LogP contribution in [0.1, 0.15) is 34.6 Å². The second-order valence-corrected chi connectivity index (χ2v) is 6.89. The molecule has 0 fully saturated rings. The summed E-state index contributed by atoms with van der Waals surface area (Å²) in [6, 6.07) is 21.1. The van der Waals surface area contributed by atoms with E-state index >= 15 is 0 Å². The number of halogens is 1. The highest BCUT2D eigenvalue weighted by molar-refractivity contribution is 6.31. The number of benzene rings is 2. The lowest BCUT2D eigenvalue weighted by Crippen LogP contribution is -2.28. The Morgan fingerprint density at radius 3 is 2.63 bits per heavy atom. The molecule has 2 aromatic carbocycles. The van der Waals surface area contributed by atoms with Gasteiger partial charge in [0.2, 0.25) is 0 Å². The van der Waals surface area contributed by atoms with Gasteiger partial charge in [0, 0.05) is 23.7 Å². The highest BCUT2D eigenvalue weighted by Crippen LogP contribution is 2.25. The number of rotatable bonds is 5. The first-order valence-corrected chi connectivity index (χ1v) is 9.17. The average molecular weight is 379 g/mol. The molecule has 2 aromatic heterocycles. The second kappa shape index (κ2) is 7.33. The molecule has 0 bridgehead atoms. The predicted molar refractivity (Wildman–Crippen MR) is 107 cm³/mol. The largest absolute Gasteiger partial charge is 0.463 e. The second-order valence-electron chi connectivity index (χ2n) is 6.48. The Hall–Kier alpha value is -2.98. The maximum atomic E-state index is 13.0. The molecule has 4 aromatic rings. The van der Waals surface area contributed by atoms with E-state index in [2.05, 4.69) is 5.32 Å². The van der Waals surface area contributed by atoms with Crippen LogP contribution in [0.25, 0.3) is 11.1 Å². The molecular formula is C22H19ClN2O2. The fourth-order valence-corrected chi connectivity index (χ4v) is 3.42. The van der Waals surface area contributed by atoms with E-state index in [4.69, 9.17) is 16.0 Å². The summed E-state index contributed by atoms with van der Waals surface area (Å²) < 4.78 is 7.45. The van der Waals surface area contributed by atoms with Gasteiger partial charge in [0.05, 0.1) is 17.8 Å². The molecule has 0 radical (unpaired) electrons. The van der Waals surface area contributed by atoms with Crippen molar-refractivity contribution in [2.24, 2.45) is 0 Å². The molecule has 1 N–H and O–H groups in total. The number of fused-ring (bicyclic) bond motifs is 1. The number of carbonyl (C=O) groups excluding carboxylic acids is 1. The fourth-order valence-electron chi connectivity index (χ4n) is 3.23. The Bertz CT molecular complexity index is 1080. The molecule has 1 amide bonds. The lowest BCUT2D eigenvalue weighted by Gasteiger charge is -2.16. The summed E-state index contributed by atoms with van der Waals surface area (Å²) in [6.07, 6.45) is 1.63. The zero-order valence-electron chi connectivity index (χ0n) is 14.9. The molecule has 0 aliphatic heterocycles. The van der Waals surface area contributed by atoms with Crippen LogP contribution in [-0.4, -0.2) is 10.5 Å². The molecule has 4 rings (SSSR count). The zero-order chi connectivity index (χ0) is 18.8. The van der Waals surface area contributed by atoms with Gasteiger partial charge in [0.15, 0.2) is 5.58 Å². The summed E-state index contributed by atoms with van der Waals surface area (Å²) >= 11 is 6.33. The maximum Gasteiger partial charge on any atom is 0.268 e. The third-order valence-electron chi connectivity index (χ3n) is 4.69. The van der Waals surface area contributed by atoms with Crippen molar-refractivity contribution in [1.29, 1.82) is 0 Å². The average Bonchev–Trinajstić information content (AvgIpc) is 3.27. The monoisotopic (exact) mass is 378 g/mol. The van der Waals surface area contributed by atoms with E-state index in [0.717, 1.165) is 16.6 Å². The van der Waals surface area contributed by atoms with Crippen molar-refractivity contribution in [2.75, 3.05) is 0 Å². The molecule has 2 heterocycles. The van der Waals surface area contributed by atoms with Gasteiger partial charge in [-0.25, -0.2) is 0 Å². The number of nitrogens with zero attached hydrogens (tertiary/aromatic N) is 1. The van der Waals surface area contributed by atoms with Crippen LogP contribution in [0.5, 0.6) is 0 Å². The minimum atomic E-state index is -0.148. The lowest BCUT2D eigenvalue weighted by molar-refractivity contribution is 0.0931. The smallest absolute Gasteiger partial charge is 0.268 e. The molecule has 27 heavy (non-hydrogen) atoms. The normalized spacial score (nSPS) is 12.2. The van der Waals surface area contributed by atoms with E-state index in [0.29, 0.717) is 22.8 Å². The van der Waals surface area contributed by atoms with Crippen molar-refractivity contribution in [3.8, 4) is 0 Å². The number of furan rings is 1. The summed E-state index contributed by atoms with van der Waals surface area (Å²) in [5, 5.41) is 3.74. The Labute approximate surface area is 162 Å². The van der Waals surface area contributed by atoms with Crippen molar-refractivity contribution in [3.63, 3.8) is 0 Å². The summed E-state index contributed by atoms with van der Waals surface area (Å²) in [4.78, 5) is 13.0. The molecular weight excluding hydrogens is 360 g/mol. The minimum absolute atomic E-state index is 0.103. The van der Waals surface area contributed by atoms with Gasteiger partial charge in [-0.2, -0.15) is 0 Å². The lowest BCUT2D eigenvalue weighted by atomic mass is 10.1. The fraction of sp³-hybridized carbons (Fsp3) is 0.136. The standard InChI is InChI=1S/C22H19ClN2O2/c1-15(16-7-3-2-4-8-16)24-22(26)20-13-21-19(11-12-27-21)25(20)14-17-9-5-6-10-18(17)23/h2-13,15H,14H2,1H3,(H,24,26)/t15-/m1/s1. The minimum Gasteiger partial charge on any atom is -0.463 e. The Morgan fingerprint density at radius 1 is 1.11 bits per heavy atom. The highest BCUT2D eigenvalue weighted by Gasteiger charge is 2.20. The van der Waals surface area contributed by atoms with E-state index in [9.17, 15) is 4.79 Å². The van der Waals surface area contributed by atoms with E-state index in [1.165, 1.54) is 0 Å². The first-order valence-electron chi connectivity index (χ1n) is 8.79. The zero-order valence-corrected chi connectivity index (χ0v) is 15.6. The van der Waals surface area contributed by atoms with Crippen LogP contribution in [0.3, 0.4) is 0 Å². The van der Waals surface area contributed by atoms with Crippen LogP contribution in [-0.2, 0) is 6.54 Å². The number of nitrogens with one attached hydrogen (secondary N) is 1. The molecule has 0 aliphatic rings. The van der Waals surface area contributed by atoms with Crippen LogP contribution in [0.4, 0.5) is 0 Å². The van der Waals surface area contributed by atoms with Crippen molar-refractivity contribution < 1.29 is 9.21 Å². The van der Waals surface area contributed by atoms with Gasteiger partial charge in [-0.15, -0.1) is 0 Å². The summed E-state index contributed by atoms with van der Waals surface area (Å²) in [5.41, 5.74) is 4.10. The number of hydrogen-bond acceptors (Lipinski definition) is 2. The predicted octanol–water partition coefficient (Wildman–Crippen LogP) is 5.43. The van der Waals surface area contributed by atoms with Gasteiger partial charge >= 0.3 is 0 Å².